The van der Waals surface area contributed by atoms with Crippen LogP contribution in [0, 0.1) is 5.92 Å². The zero-order valence-corrected chi connectivity index (χ0v) is 18.5. The molecule has 2 atom stereocenters. The predicted molar refractivity (Wildman–Crippen MR) is 117 cm³/mol. The summed E-state index contributed by atoms with van der Waals surface area (Å²) in [5.74, 6) is -0.556. The number of unbranched alkanes of at least 4 members (excludes halogenated alkanes) is 2. The first-order valence-electron chi connectivity index (χ1n) is 10.3. The van der Waals surface area contributed by atoms with E-state index in [1.807, 2.05) is 20.9 Å². The van der Waals surface area contributed by atoms with E-state index in [4.69, 9.17) is 10.5 Å². The maximum Gasteiger partial charge on any atom is 0.326 e. The van der Waals surface area contributed by atoms with Gasteiger partial charge in [-0.05, 0) is 50.0 Å². The van der Waals surface area contributed by atoms with Crippen molar-refractivity contribution in [3.63, 3.8) is 0 Å². The summed E-state index contributed by atoms with van der Waals surface area (Å²) >= 11 is 0. The van der Waals surface area contributed by atoms with Crippen LogP contribution in [0.15, 0.2) is 24.3 Å². The largest absolute Gasteiger partial charge is 0.497 e. The number of nitrogens with two attached hydrogens (primary N) is 1. The Morgan fingerprint density at radius 3 is 2.24 bits per heavy atom. The molecule has 5 N–H and O–H groups in total. The SMILES string of the molecule is CCCCCNC.COc1ccc(CC(NC(=O)C(N)CC(C)C)C(=O)O)cc1. The van der Waals surface area contributed by atoms with Crippen molar-refractivity contribution >= 4 is 11.9 Å². The van der Waals surface area contributed by atoms with Gasteiger partial charge in [0, 0.05) is 6.42 Å². The Hall–Kier alpha value is -2.12. The molecule has 0 saturated heterocycles. The number of carbonyl (C=O) groups excluding carboxylic acids is 1. The highest BCUT2D eigenvalue weighted by Crippen LogP contribution is 2.13. The van der Waals surface area contributed by atoms with Gasteiger partial charge in [-0.2, -0.15) is 0 Å². The average molecular weight is 410 g/mol. The lowest BCUT2D eigenvalue weighted by molar-refractivity contribution is -0.142. The average Bonchev–Trinajstić information content (AvgIpc) is 2.68. The van der Waals surface area contributed by atoms with Crippen LogP contribution in [0.3, 0.4) is 0 Å². The lowest BCUT2D eigenvalue weighted by Gasteiger charge is -2.19. The minimum absolute atomic E-state index is 0.194. The third-order valence-electron chi connectivity index (χ3n) is 4.31. The van der Waals surface area contributed by atoms with E-state index in [0.717, 1.165) is 5.56 Å². The summed E-state index contributed by atoms with van der Waals surface area (Å²) < 4.78 is 5.05. The van der Waals surface area contributed by atoms with E-state index in [2.05, 4.69) is 17.6 Å². The summed E-state index contributed by atoms with van der Waals surface area (Å²) in [4.78, 5) is 23.3. The Labute approximate surface area is 175 Å². The molecular formula is C22H39N3O4. The van der Waals surface area contributed by atoms with Crippen LogP contribution in [0.4, 0.5) is 0 Å². The molecule has 0 aliphatic heterocycles. The third kappa shape index (κ3) is 12.9. The number of hydrogen-bond acceptors (Lipinski definition) is 5. The summed E-state index contributed by atoms with van der Waals surface area (Å²) in [6.45, 7) is 7.31. The van der Waals surface area contributed by atoms with Gasteiger partial charge in [0.1, 0.15) is 11.8 Å². The number of methoxy groups -OCH3 is 1. The molecule has 7 nitrogen and oxygen atoms in total. The first-order chi connectivity index (χ1) is 13.7. The molecule has 1 aromatic rings. The summed E-state index contributed by atoms with van der Waals surface area (Å²) in [6, 6.07) is 5.35. The number of rotatable bonds is 12. The number of benzene rings is 1. The van der Waals surface area contributed by atoms with Crippen LogP contribution in [0.2, 0.25) is 0 Å². The second-order valence-corrected chi connectivity index (χ2v) is 7.50. The van der Waals surface area contributed by atoms with E-state index in [-0.39, 0.29) is 12.3 Å². The highest BCUT2D eigenvalue weighted by molar-refractivity contribution is 5.86. The number of carboxylic acid groups (broad SMARTS) is 1. The highest BCUT2D eigenvalue weighted by atomic mass is 16.5. The van der Waals surface area contributed by atoms with Gasteiger partial charge < -0.3 is 26.2 Å². The van der Waals surface area contributed by atoms with Crippen LogP contribution < -0.4 is 21.1 Å². The summed E-state index contributed by atoms with van der Waals surface area (Å²) in [5.41, 5.74) is 6.57. The Balaban J connectivity index is 0.000000956. The molecule has 0 aliphatic carbocycles. The minimum Gasteiger partial charge on any atom is -0.497 e. The lowest BCUT2D eigenvalue weighted by Crippen LogP contribution is -2.49. The maximum atomic E-state index is 12.0. The van der Waals surface area contributed by atoms with Gasteiger partial charge in [-0.25, -0.2) is 4.79 Å². The highest BCUT2D eigenvalue weighted by Gasteiger charge is 2.24. The molecule has 7 heteroatoms. The van der Waals surface area contributed by atoms with E-state index in [9.17, 15) is 14.7 Å². The molecule has 29 heavy (non-hydrogen) atoms. The van der Waals surface area contributed by atoms with Crippen molar-refractivity contribution in [3.8, 4) is 5.75 Å². The standard InChI is InChI=1S/C16H24N2O4.C6H15N/c1-10(2)8-13(17)15(19)18-14(16(20)21)9-11-4-6-12(22-3)7-5-11;1-3-4-5-6-7-2/h4-7,10,13-14H,8-9,17H2,1-3H3,(H,18,19)(H,20,21);7H,3-6H2,1-2H3. The molecule has 0 aliphatic rings. The second-order valence-electron chi connectivity index (χ2n) is 7.50. The van der Waals surface area contributed by atoms with Crippen LogP contribution in [0.5, 0.6) is 5.75 Å². The molecular weight excluding hydrogens is 370 g/mol. The second kappa shape index (κ2) is 15.8. The molecule has 0 radical (unpaired) electrons. The van der Waals surface area contributed by atoms with Crippen molar-refractivity contribution < 1.29 is 19.4 Å². The van der Waals surface area contributed by atoms with Gasteiger partial charge in [-0.1, -0.05) is 45.7 Å². The minimum atomic E-state index is -1.08. The number of carboxylic acids is 1. The molecule has 0 heterocycles. The van der Waals surface area contributed by atoms with Crippen LogP contribution in [-0.2, 0) is 16.0 Å². The number of amides is 1. The fraction of sp³-hybridized carbons (Fsp3) is 0.636. The summed E-state index contributed by atoms with van der Waals surface area (Å²) in [6.07, 6.45) is 4.72. The quantitative estimate of drug-likeness (QED) is 0.395. The van der Waals surface area contributed by atoms with Crippen molar-refractivity contribution in [2.45, 2.75) is 65.0 Å². The monoisotopic (exact) mass is 409 g/mol. The molecule has 0 spiro atoms. The Kier molecular flexibility index (Phi) is 14.6. The van der Waals surface area contributed by atoms with Crippen molar-refractivity contribution in [1.82, 2.24) is 10.6 Å². The van der Waals surface area contributed by atoms with E-state index >= 15 is 0 Å². The summed E-state index contributed by atoms with van der Waals surface area (Å²) in [5, 5.41) is 14.9. The first-order valence-corrected chi connectivity index (χ1v) is 10.3. The lowest BCUT2D eigenvalue weighted by atomic mass is 10.0. The van der Waals surface area contributed by atoms with Crippen LogP contribution >= 0.6 is 0 Å². The van der Waals surface area contributed by atoms with E-state index in [1.54, 1.807) is 31.4 Å². The van der Waals surface area contributed by atoms with Crippen LogP contribution in [0.25, 0.3) is 0 Å². The number of hydrogen-bond donors (Lipinski definition) is 4. The number of aliphatic carboxylic acids is 1. The van der Waals surface area contributed by atoms with Crippen molar-refractivity contribution in [2.75, 3.05) is 20.7 Å². The van der Waals surface area contributed by atoms with E-state index in [1.165, 1.54) is 25.8 Å². The molecule has 0 bridgehead atoms. The van der Waals surface area contributed by atoms with E-state index in [0.29, 0.717) is 12.2 Å². The molecule has 0 aromatic heterocycles. The third-order valence-corrected chi connectivity index (χ3v) is 4.31. The molecule has 166 valence electrons. The predicted octanol–water partition coefficient (Wildman–Crippen LogP) is 2.58. The normalized spacial score (nSPS) is 12.5. The van der Waals surface area contributed by atoms with Gasteiger partial charge in [0.2, 0.25) is 5.91 Å². The van der Waals surface area contributed by atoms with Gasteiger partial charge >= 0.3 is 5.97 Å². The molecule has 1 aromatic carbocycles. The van der Waals surface area contributed by atoms with Gasteiger partial charge in [0.15, 0.2) is 0 Å². The molecule has 0 fully saturated rings. The van der Waals surface area contributed by atoms with Gasteiger partial charge in [0.05, 0.1) is 13.2 Å². The van der Waals surface area contributed by atoms with Gasteiger partial charge in [0.25, 0.3) is 0 Å². The van der Waals surface area contributed by atoms with Crippen LogP contribution in [-0.4, -0.2) is 49.8 Å². The number of carbonyl (C=O) groups is 2. The van der Waals surface area contributed by atoms with E-state index < -0.39 is 24.0 Å². The fourth-order valence-electron chi connectivity index (χ4n) is 2.64. The summed E-state index contributed by atoms with van der Waals surface area (Å²) in [7, 11) is 3.56. The molecule has 2 unspecified atom stereocenters. The Bertz CT molecular complexity index is 572. The maximum absolute atomic E-state index is 12.0. The molecule has 1 rings (SSSR count). The van der Waals surface area contributed by atoms with Gasteiger partial charge in [-0.3, -0.25) is 4.79 Å². The Morgan fingerprint density at radius 1 is 1.17 bits per heavy atom. The topological polar surface area (TPSA) is 114 Å². The van der Waals surface area contributed by atoms with Crippen molar-refractivity contribution in [1.29, 1.82) is 0 Å². The number of nitrogens with one attached hydrogen (secondary N) is 2. The van der Waals surface area contributed by atoms with Gasteiger partial charge in [-0.15, -0.1) is 0 Å². The molecule has 1 amide bonds. The zero-order chi connectivity index (χ0) is 22.2. The molecule has 0 saturated carbocycles. The fourth-order valence-corrected chi connectivity index (χ4v) is 2.64. The van der Waals surface area contributed by atoms with Crippen molar-refractivity contribution in [2.24, 2.45) is 11.7 Å². The number of ether oxygens (including phenoxy) is 1. The van der Waals surface area contributed by atoms with Crippen molar-refractivity contribution in [3.05, 3.63) is 29.8 Å². The first kappa shape index (κ1) is 26.9. The zero-order valence-electron chi connectivity index (χ0n) is 18.5. The Morgan fingerprint density at radius 2 is 1.79 bits per heavy atom. The van der Waals surface area contributed by atoms with Crippen LogP contribution in [0.1, 0.15) is 52.0 Å². The smallest absolute Gasteiger partial charge is 0.326 e.